The van der Waals surface area contributed by atoms with Gasteiger partial charge in [-0.3, -0.25) is 14.7 Å². The second kappa shape index (κ2) is 12.9. The van der Waals surface area contributed by atoms with E-state index in [0.29, 0.717) is 13.0 Å². The summed E-state index contributed by atoms with van der Waals surface area (Å²) in [4.78, 5) is 35.4. The molecular formula is C21H39N3O7P+. The third-order valence-electron chi connectivity index (χ3n) is 6.39. The van der Waals surface area contributed by atoms with E-state index >= 15 is 0 Å². The van der Waals surface area contributed by atoms with Crippen LogP contribution in [0.5, 0.6) is 0 Å². The zero-order chi connectivity index (χ0) is 23.7. The molecule has 1 saturated carbocycles. The summed E-state index contributed by atoms with van der Waals surface area (Å²) >= 11 is 0. The van der Waals surface area contributed by atoms with E-state index in [1.165, 1.54) is 12.8 Å². The van der Waals surface area contributed by atoms with Gasteiger partial charge in [-0.25, -0.2) is 14.6 Å². The van der Waals surface area contributed by atoms with Crippen LogP contribution in [-0.4, -0.2) is 85.4 Å². The molecule has 2 fully saturated rings. The monoisotopic (exact) mass is 476 g/mol. The van der Waals surface area contributed by atoms with Gasteiger partial charge in [-0.1, -0.05) is 12.8 Å². The van der Waals surface area contributed by atoms with Crippen LogP contribution in [0.25, 0.3) is 0 Å². The number of rotatable bonds is 10. The van der Waals surface area contributed by atoms with Gasteiger partial charge in [0.1, 0.15) is 18.2 Å². The van der Waals surface area contributed by atoms with E-state index in [1.807, 2.05) is 13.6 Å². The average Bonchev–Trinajstić information content (AvgIpc) is 2.96. The summed E-state index contributed by atoms with van der Waals surface area (Å²) in [6, 6.07) is -0.981. The van der Waals surface area contributed by atoms with Gasteiger partial charge in [0.25, 0.3) is 0 Å². The van der Waals surface area contributed by atoms with E-state index in [9.17, 15) is 19.5 Å². The molecule has 3 amide bonds. The predicted octanol–water partition coefficient (Wildman–Crippen LogP) is 2.00. The van der Waals surface area contributed by atoms with Crippen LogP contribution in [0.1, 0.15) is 58.8 Å². The summed E-state index contributed by atoms with van der Waals surface area (Å²) in [5.74, 6) is -0.274. The van der Waals surface area contributed by atoms with E-state index in [4.69, 9.17) is 14.0 Å². The number of amides is 3. The number of aliphatic hydroxyl groups excluding tert-OH is 1. The summed E-state index contributed by atoms with van der Waals surface area (Å²) in [5.41, 5.74) is 0. The van der Waals surface area contributed by atoms with Gasteiger partial charge in [0, 0.05) is 0 Å². The van der Waals surface area contributed by atoms with Crippen molar-refractivity contribution in [2.24, 2.45) is 0 Å². The third kappa shape index (κ3) is 7.43. The van der Waals surface area contributed by atoms with Gasteiger partial charge >= 0.3 is 12.0 Å². The van der Waals surface area contributed by atoms with Crippen molar-refractivity contribution in [1.82, 2.24) is 10.4 Å². The molecule has 11 heteroatoms. The molecule has 0 aromatic rings. The number of quaternary nitrogens is 1. The number of esters is 1. The first-order chi connectivity index (χ1) is 15.2. The molecule has 32 heavy (non-hydrogen) atoms. The first kappa shape index (κ1) is 27.1. The molecule has 0 spiro atoms. The van der Waals surface area contributed by atoms with Crippen LogP contribution in [0.3, 0.4) is 0 Å². The van der Waals surface area contributed by atoms with Crippen molar-refractivity contribution in [3.63, 3.8) is 0 Å². The van der Waals surface area contributed by atoms with Gasteiger partial charge in [-0.15, -0.1) is 0 Å². The molecule has 1 saturated heterocycles. The Morgan fingerprint density at radius 2 is 1.94 bits per heavy atom. The normalized spacial score (nSPS) is 28.2. The molecule has 10 nitrogen and oxygen atoms in total. The molecule has 0 aromatic heterocycles. The first-order valence-corrected chi connectivity index (χ1v) is 13.2. The number of carbonyl (C=O) groups is 3. The molecule has 6 unspecified atom stereocenters. The van der Waals surface area contributed by atoms with Crippen molar-refractivity contribution in [1.29, 1.82) is 0 Å². The second-order valence-electron chi connectivity index (χ2n) is 8.78. The van der Waals surface area contributed by atoms with E-state index in [1.54, 1.807) is 14.0 Å². The lowest BCUT2D eigenvalue weighted by Gasteiger charge is -2.34. The highest BCUT2D eigenvalue weighted by Gasteiger charge is 2.48. The van der Waals surface area contributed by atoms with Crippen LogP contribution in [0.15, 0.2) is 0 Å². The number of urea groups is 1. The Morgan fingerprint density at radius 1 is 1.28 bits per heavy atom. The molecule has 2 rings (SSSR count). The summed E-state index contributed by atoms with van der Waals surface area (Å²) in [6.07, 6.45) is 5.05. The molecule has 6 atom stereocenters. The summed E-state index contributed by atoms with van der Waals surface area (Å²) in [7, 11) is 0.509. The Balaban J connectivity index is 1.79. The second-order valence-corrected chi connectivity index (χ2v) is 10.3. The van der Waals surface area contributed by atoms with E-state index in [0.717, 1.165) is 25.7 Å². The number of hydrogen-bond acceptors (Lipinski definition) is 8. The van der Waals surface area contributed by atoms with Crippen molar-refractivity contribution < 1.29 is 38.0 Å². The molecular weight excluding hydrogens is 437 g/mol. The number of aliphatic hydroxyl groups is 1. The van der Waals surface area contributed by atoms with Crippen LogP contribution in [0.2, 0.25) is 0 Å². The van der Waals surface area contributed by atoms with Crippen molar-refractivity contribution >= 4 is 26.7 Å². The minimum atomic E-state index is -1.15. The smallest absolute Gasteiger partial charge is 0.424 e. The highest BCUT2D eigenvalue weighted by atomic mass is 31.2. The molecule has 1 heterocycles. The third-order valence-corrected chi connectivity index (χ3v) is 7.68. The zero-order valence-electron chi connectivity index (χ0n) is 19.6. The molecule has 2 aliphatic rings. The topological polar surface area (TPSA) is 123 Å². The lowest BCUT2D eigenvalue weighted by molar-refractivity contribution is -0.878. The molecule has 1 aliphatic heterocycles. The van der Waals surface area contributed by atoms with Gasteiger partial charge < -0.3 is 19.1 Å². The molecule has 3 N–H and O–H groups in total. The summed E-state index contributed by atoms with van der Waals surface area (Å²) in [5, 5.41) is 15.7. The molecule has 184 valence electrons. The van der Waals surface area contributed by atoms with Gasteiger partial charge in [0.05, 0.1) is 41.0 Å². The Kier molecular flexibility index (Phi) is 10.9. The lowest BCUT2D eigenvalue weighted by Crippen LogP contribution is -2.60. The maximum Gasteiger partial charge on any atom is 0.424 e. The zero-order valence-corrected chi connectivity index (χ0v) is 20.5. The fourth-order valence-corrected chi connectivity index (χ4v) is 5.17. The Hall–Kier alpha value is -1.16. The maximum atomic E-state index is 12.4. The van der Waals surface area contributed by atoms with Crippen LogP contribution in [-0.2, 0) is 23.6 Å². The lowest BCUT2D eigenvalue weighted by atomic mass is 10.1. The minimum absolute atomic E-state index is 0.000336. The number of nitrogens with one attached hydrogen (secondary N) is 2. The Morgan fingerprint density at radius 3 is 2.53 bits per heavy atom. The van der Waals surface area contributed by atoms with Gasteiger partial charge in [-0.05, 0) is 46.2 Å². The molecule has 0 aromatic carbocycles. The Labute approximate surface area is 191 Å². The highest BCUT2D eigenvalue weighted by Crippen LogP contribution is 2.33. The fraction of sp³-hybridized carbons (Fsp3) is 0.857. The number of hydrogen-bond donors (Lipinski definition) is 3. The summed E-state index contributed by atoms with van der Waals surface area (Å²) in [6.45, 7) is 5.93. The average molecular weight is 477 g/mol. The number of imide groups is 1. The quantitative estimate of drug-likeness (QED) is 0.144. The summed E-state index contributed by atoms with van der Waals surface area (Å²) < 4.78 is 17.2. The molecule has 0 radical (unpaired) electrons. The van der Waals surface area contributed by atoms with Crippen LogP contribution in [0, 0.1) is 0 Å². The van der Waals surface area contributed by atoms with Crippen LogP contribution < -0.4 is 10.4 Å². The van der Waals surface area contributed by atoms with Crippen LogP contribution >= 0.6 is 8.30 Å². The largest absolute Gasteiger partial charge is 0.461 e. The highest BCUT2D eigenvalue weighted by molar-refractivity contribution is 7.49. The number of nitrogens with zero attached hydrogens (tertiary/aromatic N) is 1. The van der Waals surface area contributed by atoms with Crippen molar-refractivity contribution in [3.05, 3.63) is 0 Å². The Bertz CT molecular complexity index is 633. The molecule has 0 bridgehead atoms. The predicted molar refractivity (Wildman–Crippen MR) is 120 cm³/mol. The van der Waals surface area contributed by atoms with Gasteiger partial charge in [0.2, 0.25) is 12.6 Å². The number of carbonyl (C=O) groups excluding carboxylic acids is 3. The van der Waals surface area contributed by atoms with Gasteiger partial charge in [0.15, 0.2) is 0 Å². The van der Waals surface area contributed by atoms with E-state index in [2.05, 4.69) is 10.4 Å². The van der Waals surface area contributed by atoms with Crippen LogP contribution in [0.4, 0.5) is 4.79 Å². The SMILES string of the molecule is CC[N+](C)(C(=O)NC=O)C1CC(O)C(COP(C)NC(C)C(=O)OC2CCCCCC2)O1. The van der Waals surface area contributed by atoms with Crippen molar-refractivity contribution in [3.8, 4) is 0 Å². The number of ether oxygens (including phenoxy) is 2. The fourth-order valence-electron chi connectivity index (χ4n) is 4.07. The van der Waals surface area contributed by atoms with Gasteiger partial charge in [-0.2, -0.15) is 0 Å². The standard InChI is InChI=1S/C21H38N3O7P/c1-5-24(3,21(28)22-14-25)19-12-17(26)18(31-19)13-29-32(4)23-15(2)20(27)30-16-10-8-6-7-9-11-16/h14-19,23,26H,5-13H2,1-4H3/p+1. The van der Waals surface area contributed by atoms with Crippen molar-refractivity contribution in [2.75, 3.05) is 26.9 Å². The maximum absolute atomic E-state index is 12.4. The minimum Gasteiger partial charge on any atom is -0.461 e. The first-order valence-electron chi connectivity index (χ1n) is 11.5. The van der Waals surface area contributed by atoms with E-state index in [-0.39, 0.29) is 29.6 Å². The molecule has 1 aliphatic carbocycles. The van der Waals surface area contributed by atoms with E-state index < -0.39 is 38.8 Å². The van der Waals surface area contributed by atoms with Crippen molar-refractivity contribution in [2.45, 2.75) is 89.4 Å².